The quantitative estimate of drug-likeness (QED) is 0.325. The molecule has 2 aliphatic carbocycles. The van der Waals surface area contributed by atoms with Crippen molar-refractivity contribution in [3.05, 3.63) is 0 Å². The Labute approximate surface area is 140 Å². The fourth-order valence-corrected chi connectivity index (χ4v) is 3.12. The molecule has 20 heavy (non-hydrogen) atoms. The molecule has 0 bridgehead atoms. The topological polar surface area (TPSA) is 59.6 Å². The second-order valence-electron chi connectivity index (χ2n) is 5.88. The summed E-state index contributed by atoms with van der Waals surface area (Å²) in [7, 11) is 0. The van der Waals surface area contributed by atoms with E-state index in [0.717, 1.165) is 0 Å². The van der Waals surface area contributed by atoms with Crippen molar-refractivity contribution in [2.24, 2.45) is 10.7 Å². The van der Waals surface area contributed by atoms with Crippen LogP contribution in [0.2, 0.25) is 0 Å². The van der Waals surface area contributed by atoms with Crippen molar-refractivity contribution >= 4 is 29.9 Å². The van der Waals surface area contributed by atoms with Gasteiger partial charge < -0.3 is 15.8 Å². The second-order valence-corrected chi connectivity index (χ2v) is 5.88. The third kappa shape index (κ3) is 7.11. The molecule has 3 N–H and O–H groups in total. The van der Waals surface area contributed by atoms with Gasteiger partial charge in [0.1, 0.15) is 0 Å². The number of ether oxygens (including phenoxy) is 1. The predicted octanol–water partition coefficient (Wildman–Crippen LogP) is 3.19. The van der Waals surface area contributed by atoms with E-state index in [1.807, 2.05) is 0 Å². The van der Waals surface area contributed by atoms with Crippen molar-refractivity contribution in [1.29, 1.82) is 0 Å². The fourth-order valence-electron chi connectivity index (χ4n) is 3.12. The van der Waals surface area contributed by atoms with Gasteiger partial charge in [-0.05, 0) is 25.7 Å². The predicted molar refractivity (Wildman–Crippen MR) is 94.7 cm³/mol. The van der Waals surface area contributed by atoms with Crippen molar-refractivity contribution in [3.63, 3.8) is 0 Å². The first-order valence-electron chi connectivity index (χ1n) is 8.02. The number of nitrogens with one attached hydrogen (secondary N) is 1. The van der Waals surface area contributed by atoms with E-state index < -0.39 is 0 Å². The lowest BCUT2D eigenvalue weighted by molar-refractivity contribution is 0.0334. The largest absolute Gasteiger partial charge is 0.376 e. The van der Waals surface area contributed by atoms with Crippen molar-refractivity contribution in [2.45, 2.75) is 76.4 Å². The Bertz CT molecular complexity index is 274. The maximum absolute atomic E-state index is 5.91. The normalized spacial score (nSPS) is 22.3. The fraction of sp³-hybridized carbons (Fsp3) is 0.933. The molecule has 0 aliphatic heterocycles. The molecule has 0 saturated heterocycles. The highest BCUT2D eigenvalue weighted by molar-refractivity contribution is 14.0. The van der Waals surface area contributed by atoms with Gasteiger partial charge in [0.2, 0.25) is 0 Å². The van der Waals surface area contributed by atoms with Crippen LogP contribution in [0.5, 0.6) is 0 Å². The smallest absolute Gasteiger partial charge is 0.188 e. The first-order valence-corrected chi connectivity index (χ1v) is 8.02. The molecule has 0 unspecified atom stereocenters. The molecule has 0 heterocycles. The van der Waals surface area contributed by atoms with E-state index in [1.54, 1.807) is 0 Å². The summed E-state index contributed by atoms with van der Waals surface area (Å²) >= 11 is 0. The summed E-state index contributed by atoms with van der Waals surface area (Å²) in [5.41, 5.74) is 5.91. The molecule has 2 saturated carbocycles. The zero-order valence-corrected chi connectivity index (χ0v) is 14.8. The number of aliphatic imine (C=N–C) groups is 1. The molecule has 0 aromatic carbocycles. The number of halogens is 1. The Kier molecular flexibility index (Phi) is 9.59. The highest BCUT2D eigenvalue weighted by Gasteiger charge is 2.14. The molecule has 0 aromatic heterocycles. The molecule has 0 spiro atoms. The van der Waals surface area contributed by atoms with Gasteiger partial charge in [0.15, 0.2) is 5.96 Å². The van der Waals surface area contributed by atoms with Gasteiger partial charge in [0, 0.05) is 6.04 Å². The summed E-state index contributed by atoms with van der Waals surface area (Å²) in [5.74, 6) is 0.596. The molecule has 118 valence electrons. The molecule has 4 nitrogen and oxygen atoms in total. The van der Waals surface area contributed by atoms with Crippen molar-refractivity contribution in [1.82, 2.24) is 5.32 Å². The van der Waals surface area contributed by atoms with Gasteiger partial charge in [-0.25, -0.2) is 0 Å². The van der Waals surface area contributed by atoms with Gasteiger partial charge in [-0.2, -0.15) is 0 Å². The minimum Gasteiger partial charge on any atom is -0.376 e. The highest BCUT2D eigenvalue weighted by atomic mass is 127. The van der Waals surface area contributed by atoms with E-state index in [-0.39, 0.29) is 24.0 Å². The van der Waals surface area contributed by atoms with Gasteiger partial charge in [-0.1, -0.05) is 38.5 Å². The van der Waals surface area contributed by atoms with Gasteiger partial charge in [-0.15, -0.1) is 24.0 Å². The minimum atomic E-state index is 0. The second kappa shape index (κ2) is 10.7. The third-order valence-corrected chi connectivity index (χ3v) is 4.24. The van der Waals surface area contributed by atoms with E-state index in [0.29, 0.717) is 31.3 Å². The first kappa shape index (κ1) is 18.0. The monoisotopic (exact) mass is 395 g/mol. The Balaban J connectivity index is 0.00000200. The molecular formula is C15H30IN3O. The Morgan fingerprint density at radius 2 is 1.60 bits per heavy atom. The lowest BCUT2D eigenvalue weighted by Gasteiger charge is -2.23. The number of hydrogen-bond acceptors (Lipinski definition) is 2. The Hall–Kier alpha value is -0.0400. The SMILES string of the molecule is I.NC(=NCCOC1CCCCC1)NC1CCCCC1. The first-order chi connectivity index (χ1) is 9.34. The lowest BCUT2D eigenvalue weighted by Crippen LogP contribution is -2.41. The van der Waals surface area contributed by atoms with Crippen molar-refractivity contribution in [2.75, 3.05) is 13.2 Å². The minimum absolute atomic E-state index is 0. The molecular weight excluding hydrogens is 365 g/mol. The van der Waals surface area contributed by atoms with Crippen LogP contribution in [0.3, 0.4) is 0 Å². The van der Waals surface area contributed by atoms with E-state index in [4.69, 9.17) is 10.5 Å². The van der Waals surface area contributed by atoms with Crippen LogP contribution in [0.15, 0.2) is 4.99 Å². The van der Waals surface area contributed by atoms with Crippen LogP contribution < -0.4 is 11.1 Å². The van der Waals surface area contributed by atoms with Crippen LogP contribution in [0.1, 0.15) is 64.2 Å². The maximum Gasteiger partial charge on any atom is 0.188 e. The van der Waals surface area contributed by atoms with Crippen LogP contribution in [0.25, 0.3) is 0 Å². The summed E-state index contributed by atoms with van der Waals surface area (Å²) in [6, 6.07) is 0.539. The number of nitrogens with zero attached hydrogens (tertiary/aromatic N) is 1. The summed E-state index contributed by atoms with van der Waals surface area (Å²) < 4.78 is 5.83. The van der Waals surface area contributed by atoms with Gasteiger partial charge in [0.05, 0.1) is 19.3 Å². The summed E-state index contributed by atoms with van der Waals surface area (Å²) in [6.07, 6.45) is 13.4. The van der Waals surface area contributed by atoms with Gasteiger partial charge in [0.25, 0.3) is 0 Å². The molecule has 0 atom stereocenters. The standard InChI is InChI=1S/C15H29N3O.HI/c16-15(18-13-7-3-1-4-8-13)17-11-12-19-14-9-5-2-6-10-14;/h13-14H,1-12H2,(H3,16,17,18);1H. The zero-order valence-electron chi connectivity index (χ0n) is 12.5. The van der Waals surface area contributed by atoms with Crippen LogP contribution in [0.4, 0.5) is 0 Å². The van der Waals surface area contributed by atoms with Crippen LogP contribution in [-0.2, 0) is 4.74 Å². The maximum atomic E-state index is 5.91. The number of rotatable bonds is 5. The molecule has 0 aromatic rings. The summed E-state index contributed by atoms with van der Waals surface area (Å²) in [4.78, 5) is 4.36. The van der Waals surface area contributed by atoms with Crippen LogP contribution >= 0.6 is 24.0 Å². The highest BCUT2D eigenvalue weighted by Crippen LogP contribution is 2.20. The molecule has 2 rings (SSSR count). The van der Waals surface area contributed by atoms with Crippen LogP contribution in [0, 0.1) is 0 Å². The third-order valence-electron chi connectivity index (χ3n) is 4.24. The molecule has 0 amide bonds. The Morgan fingerprint density at radius 3 is 2.25 bits per heavy atom. The molecule has 2 fully saturated rings. The van der Waals surface area contributed by atoms with Gasteiger partial charge in [-0.3, -0.25) is 4.99 Å². The lowest BCUT2D eigenvalue weighted by atomic mass is 9.96. The number of nitrogens with two attached hydrogens (primary N) is 1. The average molecular weight is 395 g/mol. The van der Waals surface area contributed by atoms with Crippen LogP contribution in [-0.4, -0.2) is 31.3 Å². The molecule has 0 radical (unpaired) electrons. The van der Waals surface area contributed by atoms with Crippen molar-refractivity contribution < 1.29 is 4.74 Å². The number of hydrogen-bond donors (Lipinski definition) is 2. The van der Waals surface area contributed by atoms with Crippen molar-refractivity contribution in [3.8, 4) is 0 Å². The molecule has 2 aliphatic rings. The van der Waals surface area contributed by atoms with E-state index in [2.05, 4.69) is 10.3 Å². The zero-order chi connectivity index (χ0) is 13.3. The number of guanidine groups is 1. The van der Waals surface area contributed by atoms with E-state index >= 15 is 0 Å². The summed E-state index contributed by atoms with van der Waals surface area (Å²) in [5, 5.41) is 3.33. The van der Waals surface area contributed by atoms with E-state index in [9.17, 15) is 0 Å². The Morgan fingerprint density at radius 1 is 1.00 bits per heavy atom. The van der Waals surface area contributed by atoms with Gasteiger partial charge >= 0.3 is 0 Å². The van der Waals surface area contributed by atoms with E-state index in [1.165, 1.54) is 64.2 Å². The average Bonchev–Trinajstić information content (AvgIpc) is 2.46. The summed E-state index contributed by atoms with van der Waals surface area (Å²) in [6.45, 7) is 1.39. The molecule has 5 heteroatoms.